The van der Waals surface area contributed by atoms with Gasteiger partial charge >= 0.3 is 12.0 Å². The van der Waals surface area contributed by atoms with E-state index in [2.05, 4.69) is 10.6 Å². The Morgan fingerprint density at radius 2 is 2.10 bits per heavy atom. The van der Waals surface area contributed by atoms with E-state index in [9.17, 15) is 9.59 Å². The van der Waals surface area contributed by atoms with Gasteiger partial charge in [0, 0.05) is 13.2 Å². The van der Waals surface area contributed by atoms with Crippen LogP contribution in [0.4, 0.5) is 4.79 Å². The molecule has 0 saturated carbocycles. The number of ether oxygens (including phenoxy) is 1. The quantitative estimate of drug-likeness (QED) is 0.466. The van der Waals surface area contributed by atoms with Crippen LogP contribution in [0.3, 0.4) is 0 Å². The topological polar surface area (TPSA) is 87.7 Å². The number of hydrogen-bond donors (Lipinski definition) is 3. The molecule has 1 rings (SSSR count). The van der Waals surface area contributed by atoms with Gasteiger partial charge in [-0.3, -0.25) is 4.79 Å². The first-order valence-electron chi connectivity index (χ1n) is 7.06. The fraction of sp³-hybridized carbons (Fsp3) is 0.714. The van der Waals surface area contributed by atoms with Gasteiger partial charge in [-0.1, -0.05) is 12.2 Å². The van der Waals surface area contributed by atoms with Crippen molar-refractivity contribution in [2.45, 2.75) is 45.3 Å². The number of amides is 2. The van der Waals surface area contributed by atoms with Crippen molar-refractivity contribution in [3.05, 3.63) is 12.2 Å². The summed E-state index contributed by atoms with van der Waals surface area (Å²) in [6.07, 6.45) is 5.78. The predicted molar refractivity (Wildman–Crippen MR) is 75.5 cm³/mol. The van der Waals surface area contributed by atoms with Crippen LogP contribution in [0.5, 0.6) is 0 Å². The van der Waals surface area contributed by atoms with Crippen LogP contribution in [0.15, 0.2) is 12.2 Å². The molecule has 0 aromatic rings. The van der Waals surface area contributed by atoms with E-state index in [0.29, 0.717) is 19.6 Å². The molecular weight excluding hydrogens is 260 g/mol. The molecule has 6 heteroatoms. The molecule has 1 aliphatic rings. The second-order valence-electron chi connectivity index (χ2n) is 5.20. The molecule has 0 radical (unpaired) electrons. The standard InChI is InChI=1S/C14H24N2O4/c1-10(2)20-8-4-3-7-15-14(19)16-12-6-5-11(9-12)13(17)18/h5-6,10-12H,3-4,7-9H2,1-2H3,(H,17,18)(H2,15,16,19). The van der Waals surface area contributed by atoms with Crippen molar-refractivity contribution >= 4 is 12.0 Å². The summed E-state index contributed by atoms with van der Waals surface area (Å²) in [5.41, 5.74) is 0. The number of urea groups is 1. The molecule has 20 heavy (non-hydrogen) atoms. The van der Waals surface area contributed by atoms with Gasteiger partial charge < -0.3 is 20.5 Å². The second-order valence-corrected chi connectivity index (χ2v) is 5.20. The zero-order valence-electron chi connectivity index (χ0n) is 12.1. The number of unbranched alkanes of at least 4 members (excludes halogenated alkanes) is 1. The molecule has 0 bridgehead atoms. The first-order chi connectivity index (χ1) is 9.49. The van der Waals surface area contributed by atoms with Crippen molar-refractivity contribution in [3.63, 3.8) is 0 Å². The smallest absolute Gasteiger partial charge is 0.315 e. The van der Waals surface area contributed by atoms with E-state index in [1.165, 1.54) is 0 Å². The number of hydrogen-bond acceptors (Lipinski definition) is 3. The van der Waals surface area contributed by atoms with E-state index >= 15 is 0 Å². The average molecular weight is 284 g/mol. The zero-order valence-corrected chi connectivity index (χ0v) is 12.1. The van der Waals surface area contributed by atoms with E-state index in [4.69, 9.17) is 9.84 Å². The molecule has 0 aliphatic heterocycles. The number of rotatable bonds is 8. The Bertz CT molecular complexity index is 355. The second kappa shape index (κ2) is 8.58. The van der Waals surface area contributed by atoms with E-state index in [-0.39, 0.29) is 18.2 Å². The van der Waals surface area contributed by atoms with Crippen molar-refractivity contribution in [2.75, 3.05) is 13.2 Å². The van der Waals surface area contributed by atoms with Crippen LogP contribution >= 0.6 is 0 Å². The summed E-state index contributed by atoms with van der Waals surface area (Å²) in [6, 6.07) is -0.448. The third kappa shape index (κ3) is 6.56. The van der Waals surface area contributed by atoms with Gasteiger partial charge in [0.05, 0.1) is 18.1 Å². The highest BCUT2D eigenvalue weighted by atomic mass is 16.5. The minimum absolute atomic E-state index is 0.194. The monoisotopic (exact) mass is 284 g/mol. The number of aliphatic carboxylic acids is 1. The number of nitrogens with one attached hydrogen (secondary N) is 2. The molecule has 1 aliphatic carbocycles. The minimum Gasteiger partial charge on any atom is -0.481 e. The number of carboxylic acid groups (broad SMARTS) is 1. The number of carbonyl (C=O) groups is 2. The number of carboxylic acids is 1. The van der Waals surface area contributed by atoms with Crippen LogP contribution in [0.25, 0.3) is 0 Å². The first-order valence-corrected chi connectivity index (χ1v) is 7.06. The molecule has 0 heterocycles. The summed E-state index contributed by atoms with van der Waals surface area (Å²) < 4.78 is 5.40. The van der Waals surface area contributed by atoms with Crippen molar-refractivity contribution < 1.29 is 19.4 Å². The molecule has 2 unspecified atom stereocenters. The third-order valence-electron chi connectivity index (χ3n) is 3.03. The predicted octanol–water partition coefficient (Wildman–Crippen LogP) is 1.52. The van der Waals surface area contributed by atoms with E-state index in [0.717, 1.165) is 12.8 Å². The van der Waals surface area contributed by atoms with Crippen molar-refractivity contribution in [3.8, 4) is 0 Å². The highest BCUT2D eigenvalue weighted by Gasteiger charge is 2.25. The lowest BCUT2D eigenvalue weighted by Gasteiger charge is -2.13. The summed E-state index contributed by atoms with van der Waals surface area (Å²) in [7, 11) is 0. The van der Waals surface area contributed by atoms with Crippen molar-refractivity contribution in [1.82, 2.24) is 10.6 Å². The van der Waals surface area contributed by atoms with Crippen LogP contribution in [-0.2, 0) is 9.53 Å². The molecule has 3 N–H and O–H groups in total. The molecule has 0 spiro atoms. The Balaban J connectivity index is 2.04. The highest BCUT2D eigenvalue weighted by molar-refractivity contribution is 5.76. The van der Waals surface area contributed by atoms with E-state index < -0.39 is 11.9 Å². The molecule has 0 fully saturated rings. The normalized spacial score (nSPS) is 21.1. The van der Waals surface area contributed by atoms with Gasteiger partial charge in [0.2, 0.25) is 0 Å². The molecule has 2 amide bonds. The molecular formula is C14H24N2O4. The zero-order chi connectivity index (χ0) is 15.0. The third-order valence-corrected chi connectivity index (χ3v) is 3.03. The van der Waals surface area contributed by atoms with E-state index in [1.807, 2.05) is 13.8 Å². The van der Waals surface area contributed by atoms with Gasteiger partial charge in [0.25, 0.3) is 0 Å². The average Bonchev–Trinajstić information content (AvgIpc) is 2.81. The summed E-state index contributed by atoms with van der Waals surface area (Å²) in [4.78, 5) is 22.3. The minimum atomic E-state index is -0.851. The van der Waals surface area contributed by atoms with Gasteiger partial charge in [-0.05, 0) is 33.1 Å². The summed E-state index contributed by atoms with van der Waals surface area (Å²) in [5, 5.41) is 14.3. The lowest BCUT2D eigenvalue weighted by molar-refractivity contribution is -0.140. The maximum absolute atomic E-state index is 11.6. The fourth-order valence-electron chi connectivity index (χ4n) is 1.96. The van der Waals surface area contributed by atoms with Gasteiger partial charge in [0.1, 0.15) is 0 Å². The molecule has 114 valence electrons. The largest absolute Gasteiger partial charge is 0.481 e. The SMILES string of the molecule is CC(C)OCCCCNC(=O)NC1C=CC(C(=O)O)C1. The van der Waals surface area contributed by atoms with Crippen molar-refractivity contribution in [2.24, 2.45) is 5.92 Å². The molecule has 6 nitrogen and oxygen atoms in total. The Morgan fingerprint density at radius 1 is 1.35 bits per heavy atom. The van der Waals surface area contributed by atoms with Crippen molar-refractivity contribution in [1.29, 1.82) is 0 Å². The molecule has 2 atom stereocenters. The highest BCUT2D eigenvalue weighted by Crippen LogP contribution is 2.17. The maximum Gasteiger partial charge on any atom is 0.315 e. The number of carbonyl (C=O) groups excluding carboxylic acids is 1. The van der Waals surface area contributed by atoms with Crippen LogP contribution in [0.2, 0.25) is 0 Å². The lowest BCUT2D eigenvalue weighted by Crippen LogP contribution is -2.41. The first kappa shape index (κ1) is 16.5. The summed E-state index contributed by atoms with van der Waals surface area (Å²) in [5.74, 6) is -1.34. The Hall–Kier alpha value is -1.56. The Labute approximate surface area is 119 Å². The Kier molecular flexibility index (Phi) is 7.08. The van der Waals surface area contributed by atoms with Gasteiger partial charge in [-0.2, -0.15) is 0 Å². The van der Waals surface area contributed by atoms with Crippen LogP contribution in [0, 0.1) is 5.92 Å². The summed E-state index contributed by atoms with van der Waals surface area (Å²) >= 11 is 0. The van der Waals surface area contributed by atoms with Crippen LogP contribution in [0.1, 0.15) is 33.1 Å². The van der Waals surface area contributed by atoms with E-state index in [1.54, 1.807) is 12.2 Å². The lowest BCUT2D eigenvalue weighted by atomic mass is 10.1. The van der Waals surface area contributed by atoms with Gasteiger partial charge in [-0.15, -0.1) is 0 Å². The van der Waals surface area contributed by atoms with Crippen LogP contribution in [-0.4, -0.2) is 42.4 Å². The van der Waals surface area contributed by atoms with Crippen LogP contribution < -0.4 is 10.6 Å². The summed E-state index contributed by atoms with van der Waals surface area (Å²) in [6.45, 7) is 5.27. The molecule has 0 saturated heterocycles. The Morgan fingerprint density at radius 3 is 2.70 bits per heavy atom. The fourth-order valence-corrected chi connectivity index (χ4v) is 1.96. The maximum atomic E-state index is 11.6. The molecule has 0 aromatic heterocycles. The van der Waals surface area contributed by atoms with Gasteiger partial charge in [0.15, 0.2) is 0 Å². The van der Waals surface area contributed by atoms with Gasteiger partial charge in [-0.25, -0.2) is 4.79 Å². The molecule has 0 aromatic carbocycles.